The molecule has 1 N–H and O–H groups in total. The van der Waals surface area contributed by atoms with E-state index in [0.717, 1.165) is 0 Å². The van der Waals surface area contributed by atoms with Gasteiger partial charge >= 0.3 is 0 Å². The molecule has 6 nitrogen and oxygen atoms in total. The highest BCUT2D eigenvalue weighted by atomic mass is 16.1. The van der Waals surface area contributed by atoms with Crippen LogP contribution < -0.4 is 5.32 Å². The van der Waals surface area contributed by atoms with Crippen molar-refractivity contribution in [3.8, 4) is 5.82 Å². The van der Waals surface area contributed by atoms with E-state index in [0.29, 0.717) is 17.4 Å². The van der Waals surface area contributed by atoms with E-state index < -0.39 is 0 Å². The molecule has 3 rings (SSSR count). The highest BCUT2D eigenvalue weighted by Crippen LogP contribution is 2.26. The third kappa shape index (κ3) is 3.32. The van der Waals surface area contributed by atoms with Gasteiger partial charge in [-0.15, -0.1) is 0 Å². The molecule has 1 aliphatic rings. The fourth-order valence-electron chi connectivity index (χ4n) is 3.02. The van der Waals surface area contributed by atoms with Gasteiger partial charge in [0.2, 0.25) is 0 Å². The summed E-state index contributed by atoms with van der Waals surface area (Å²) in [7, 11) is 0. The highest BCUT2D eigenvalue weighted by molar-refractivity contribution is 5.92. The number of hydrogen-bond donors (Lipinski definition) is 1. The minimum absolute atomic E-state index is 0.160. The Bertz CT molecular complexity index is 619. The van der Waals surface area contributed by atoms with E-state index in [-0.39, 0.29) is 11.9 Å². The molecule has 0 saturated heterocycles. The van der Waals surface area contributed by atoms with Crippen molar-refractivity contribution >= 4 is 5.91 Å². The van der Waals surface area contributed by atoms with Crippen molar-refractivity contribution in [1.82, 2.24) is 24.8 Å². The van der Waals surface area contributed by atoms with Crippen LogP contribution in [0.25, 0.3) is 5.82 Å². The van der Waals surface area contributed by atoms with Gasteiger partial charge in [-0.3, -0.25) is 14.3 Å². The van der Waals surface area contributed by atoms with Crippen molar-refractivity contribution in [2.45, 2.75) is 45.1 Å². The van der Waals surface area contributed by atoms with Crippen molar-refractivity contribution in [1.29, 1.82) is 0 Å². The average Bonchev–Trinajstić information content (AvgIpc) is 3.10. The number of nitrogens with zero attached hydrogens (tertiary/aromatic N) is 4. The van der Waals surface area contributed by atoms with E-state index in [4.69, 9.17) is 0 Å². The van der Waals surface area contributed by atoms with E-state index in [1.807, 2.05) is 0 Å². The fourth-order valence-corrected chi connectivity index (χ4v) is 3.02. The maximum Gasteiger partial charge on any atom is 0.271 e. The number of carbonyl (C=O) groups excluding carboxylic acids is 1. The molecule has 0 bridgehead atoms. The molecule has 1 unspecified atom stereocenters. The Morgan fingerprint density at radius 1 is 1.27 bits per heavy atom. The zero-order valence-electron chi connectivity index (χ0n) is 12.8. The number of rotatable bonds is 4. The summed E-state index contributed by atoms with van der Waals surface area (Å²) < 4.78 is 1.73. The summed E-state index contributed by atoms with van der Waals surface area (Å²) in [6, 6.07) is 0.173. The van der Waals surface area contributed by atoms with E-state index in [1.54, 1.807) is 29.5 Å². The maximum atomic E-state index is 12.4. The Hall–Kier alpha value is -2.24. The minimum Gasteiger partial charge on any atom is -0.348 e. The third-order valence-electron chi connectivity index (χ3n) is 4.34. The molecule has 0 aliphatic heterocycles. The zero-order chi connectivity index (χ0) is 15.4. The van der Waals surface area contributed by atoms with Crippen LogP contribution >= 0.6 is 0 Å². The molecule has 1 atom stereocenters. The third-order valence-corrected chi connectivity index (χ3v) is 4.34. The molecule has 6 heteroatoms. The van der Waals surface area contributed by atoms with Gasteiger partial charge in [-0.2, -0.15) is 0 Å². The molecule has 2 heterocycles. The molecule has 1 aliphatic carbocycles. The minimum atomic E-state index is -0.160. The van der Waals surface area contributed by atoms with Crippen LogP contribution in [0.15, 0.2) is 31.1 Å². The number of imidazole rings is 1. The topological polar surface area (TPSA) is 72.7 Å². The standard InChI is InChI=1S/C16H21N5O/c1-12(13-5-3-2-4-6-13)19-16(22)14-9-18-10-15(20-14)21-8-7-17-11-21/h7-13H,2-6H2,1H3,(H,19,22). The van der Waals surface area contributed by atoms with Gasteiger partial charge < -0.3 is 5.32 Å². The maximum absolute atomic E-state index is 12.4. The Kier molecular flexibility index (Phi) is 4.46. The van der Waals surface area contributed by atoms with Gasteiger partial charge in [0.15, 0.2) is 5.82 Å². The van der Waals surface area contributed by atoms with Crippen molar-refractivity contribution in [3.05, 3.63) is 36.8 Å². The summed E-state index contributed by atoms with van der Waals surface area (Å²) in [6.07, 6.45) is 14.4. The Balaban J connectivity index is 1.68. The highest BCUT2D eigenvalue weighted by Gasteiger charge is 2.22. The smallest absolute Gasteiger partial charge is 0.271 e. The lowest BCUT2D eigenvalue weighted by Crippen LogP contribution is -2.39. The molecule has 2 aromatic rings. The molecule has 0 radical (unpaired) electrons. The van der Waals surface area contributed by atoms with Crippen LogP contribution in [-0.4, -0.2) is 31.5 Å². The fraction of sp³-hybridized carbons (Fsp3) is 0.500. The van der Waals surface area contributed by atoms with Crippen LogP contribution in [0.1, 0.15) is 49.5 Å². The Labute approximate surface area is 130 Å². The second-order valence-electron chi connectivity index (χ2n) is 5.89. The first-order chi connectivity index (χ1) is 10.7. The predicted molar refractivity (Wildman–Crippen MR) is 82.7 cm³/mol. The predicted octanol–water partition coefficient (Wildman–Crippen LogP) is 2.36. The molecule has 1 fully saturated rings. The lowest BCUT2D eigenvalue weighted by Gasteiger charge is -2.28. The number of aromatic nitrogens is 4. The van der Waals surface area contributed by atoms with E-state index >= 15 is 0 Å². The Morgan fingerprint density at radius 2 is 2.09 bits per heavy atom. The lowest BCUT2D eigenvalue weighted by atomic mass is 9.84. The van der Waals surface area contributed by atoms with Gasteiger partial charge in [0, 0.05) is 18.4 Å². The normalized spacial score (nSPS) is 17.1. The van der Waals surface area contributed by atoms with Crippen LogP contribution in [0.5, 0.6) is 0 Å². The first-order valence-electron chi connectivity index (χ1n) is 7.85. The zero-order valence-corrected chi connectivity index (χ0v) is 12.8. The summed E-state index contributed by atoms with van der Waals surface area (Å²) in [4.78, 5) is 24.8. The van der Waals surface area contributed by atoms with Gasteiger partial charge in [0.1, 0.15) is 12.0 Å². The summed E-state index contributed by atoms with van der Waals surface area (Å²) in [5, 5.41) is 3.07. The van der Waals surface area contributed by atoms with Crippen molar-refractivity contribution in [2.24, 2.45) is 5.92 Å². The quantitative estimate of drug-likeness (QED) is 0.940. The molecular formula is C16H21N5O. The number of carbonyl (C=O) groups is 1. The summed E-state index contributed by atoms with van der Waals surface area (Å²) in [6.45, 7) is 2.08. The second kappa shape index (κ2) is 6.68. The van der Waals surface area contributed by atoms with Gasteiger partial charge in [0.25, 0.3) is 5.91 Å². The monoisotopic (exact) mass is 299 g/mol. The van der Waals surface area contributed by atoms with E-state index in [9.17, 15) is 4.79 Å². The average molecular weight is 299 g/mol. The molecule has 1 amide bonds. The first kappa shape index (κ1) is 14.7. The lowest BCUT2D eigenvalue weighted by molar-refractivity contribution is 0.0913. The van der Waals surface area contributed by atoms with Crippen LogP contribution in [-0.2, 0) is 0 Å². The summed E-state index contributed by atoms with van der Waals surface area (Å²) >= 11 is 0. The molecule has 2 aromatic heterocycles. The van der Waals surface area contributed by atoms with Gasteiger partial charge in [-0.05, 0) is 25.7 Å². The van der Waals surface area contributed by atoms with Crippen molar-refractivity contribution in [3.63, 3.8) is 0 Å². The first-order valence-corrected chi connectivity index (χ1v) is 7.85. The van der Waals surface area contributed by atoms with Gasteiger partial charge in [-0.1, -0.05) is 19.3 Å². The number of amides is 1. The van der Waals surface area contributed by atoms with Crippen LogP contribution in [0, 0.1) is 5.92 Å². The molecule has 0 aromatic carbocycles. The molecule has 22 heavy (non-hydrogen) atoms. The molecule has 0 spiro atoms. The van der Waals surface area contributed by atoms with Crippen LogP contribution in [0.2, 0.25) is 0 Å². The Morgan fingerprint density at radius 3 is 2.82 bits per heavy atom. The van der Waals surface area contributed by atoms with Crippen LogP contribution in [0.4, 0.5) is 0 Å². The number of nitrogens with one attached hydrogen (secondary N) is 1. The van der Waals surface area contributed by atoms with Gasteiger partial charge in [-0.25, -0.2) is 9.97 Å². The van der Waals surface area contributed by atoms with Crippen molar-refractivity contribution < 1.29 is 4.79 Å². The number of hydrogen-bond acceptors (Lipinski definition) is 4. The van der Waals surface area contributed by atoms with Crippen molar-refractivity contribution in [2.75, 3.05) is 0 Å². The molecule has 116 valence electrons. The SMILES string of the molecule is CC(NC(=O)c1cncc(-n2ccnc2)n1)C1CCCCC1. The summed E-state index contributed by atoms with van der Waals surface area (Å²) in [5.41, 5.74) is 0.342. The van der Waals surface area contributed by atoms with Gasteiger partial charge in [0.05, 0.1) is 12.4 Å². The second-order valence-corrected chi connectivity index (χ2v) is 5.89. The van der Waals surface area contributed by atoms with E-state index in [2.05, 4.69) is 27.2 Å². The molecule has 1 saturated carbocycles. The molecular weight excluding hydrogens is 278 g/mol. The largest absolute Gasteiger partial charge is 0.348 e. The summed E-state index contributed by atoms with van der Waals surface area (Å²) in [5.74, 6) is 1.01. The van der Waals surface area contributed by atoms with E-state index in [1.165, 1.54) is 38.3 Å². The van der Waals surface area contributed by atoms with Crippen LogP contribution in [0.3, 0.4) is 0 Å².